The normalized spacial score (nSPS) is 20.8. The minimum atomic E-state index is -0.277. The summed E-state index contributed by atoms with van der Waals surface area (Å²) in [5.41, 5.74) is 5.49. The number of pyridine rings is 1. The predicted molar refractivity (Wildman–Crippen MR) is 232 cm³/mol. The van der Waals surface area contributed by atoms with E-state index >= 15 is 0 Å². The fourth-order valence-corrected chi connectivity index (χ4v) is 10.5. The maximum atomic E-state index is 13.7. The SMILES string of the molecule is Cc1ccc(-n2nc(C(C)(C)C)cc2NC(=O)N[C@H]2CC[C@@H](Oc3ccc4nnc(N5CCC(CO[Si])C(C(C)C)C5(C(C)C)C(C)C)n4c3)c3ccccc32)cc1. The molecule has 0 saturated carbocycles. The highest BCUT2D eigenvalue weighted by atomic mass is 28.2. The molecule has 58 heavy (non-hydrogen) atoms. The minimum Gasteiger partial charge on any atom is -0.484 e. The molecule has 1 fully saturated rings. The molecule has 1 aliphatic carbocycles. The van der Waals surface area contributed by atoms with Crippen LogP contribution >= 0.6 is 0 Å². The first kappa shape index (κ1) is 41.5. The van der Waals surface area contributed by atoms with Crippen molar-refractivity contribution in [1.82, 2.24) is 29.7 Å². The Kier molecular flexibility index (Phi) is 11.8. The van der Waals surface area contributed by atoms with Crippen LogP contribution in [0.25, 0.3) is 11.3 Å². The van der Waals surface area contributed by atoms with Crippen molar-refractivity contribution in [3.8, 4) is 11.4 Å². The van der Waals surface area contributed by atoms with Gasteiger partial charge in [-0.1, -0.05) is 104 Å². The maximum Gasteiger partial charge on any atom is 0.320 e. The molecule has 4 heterocycles. The van der Waals surface area contributed by atoms with Gasteiger partial charge in [0.25, 0.3) is 0 Å². The van der Waals surface area contributed by atoms with E-state index in [0.29, 0.717) is 48.4 Å². The average molecular weight is 802 g/mol. The Hall–Kier alpha value is -4.68. The van der Waals surface area contributed by atoms with Gasteiger partial charge in [-0.15, -0.1) is 10.2 Å². The molecule has 3 aromatic heterocycles. The summed E-state index contributed by atoms with van der Waals surface area (Å²) in [6.07, 6.45) is 4.31. The van der Waals surface area contributed by atoms with Crippen LogP contribution in [0.15, 0.2) is 72.9 Å². The summed E-state index contributed by atoms with van der Waals surface area (Å²) in [7, 11) is 3.34. The molecule has 2 unspecified atom stereocenters. The topological polar surface area (TPSA) is 111 Å². The van der Waals surface area contributed by atoms with E-state index in [1.807, 2.05) is 47.1 Å². The van der Waals surface area contributed by atoms with Gasteiger partial charge in [0.1, 0.15) is 17.7 Å². The maximum absolute atomic E-state index is 13.7. The fourth-order valence-electron chi connectivity index (χ4n) is 10.3. The predicted octanol–water partition coefficient (Wildman–Crippen LogP) is 9.55. The fraction of sp³-hybridized carbons (Fsp3) is 0.522. The molecule has 0 bridgehead atoms. The second-order valence-electron chi connectivity index (χ2n) is 18.4. The van der Waals surface area contributed by atoms with Gasteiger partial charge in [-0.2, -0.15) is 5.10 Å². The van der Waals surface area contributed by atoms with Crippen LogP contribution in [0, 0.1) is 36.5 Å². The van der Waals surface area contributed by atoms with E-state index < -0.39 is 0 Å². The molecule has 4 atom stereocenters. The summed E-state index contributed by atoms with van der Waals surface area (Å²) in [6.45, 7) is 24.1. The van der Waals surface area contributed by atoms with Gasteiger partial charge in [0, 0.05) is 24.6 Å². The van der Waals surface area contributed by atoms with Crippen molar-refractivity contribution in [1.29, 1.82) is 0 Å². The second-order valence-corrected chi connectivity index (χ2v) is 18.7. The molecule has 2 aliphatic rings. The zero-order valence-electron chi connectivity index (χ0n) is 35.9. The number of ether oxygens (including phenoxy) is 1. The number of hydrogen-bond donors (Lipinski definition) is 2. The number of fused-ring (bicyclic) bond motifs is 2. The van der Waals surface area contributed by atoms with Gasteiger partial charge in [-0.05, 0) is 91.2 Å². The molecule has 2 aromatic carbocycles. The Labute approximate surface area is 347 Å². The number of anilines is 2. The standard InChI is InChI=1S/C46H61N8O3Si/c1-28(2)42-32(27-56-58)23-24-53(46(42,29(3)4)30(5)6)44-50-49-40-22-19-34(26-52(40)44)57-38-21-20-37(35-13-11-12-14-36(35)38)47-43(55)48-41-25-39(45(8,9)10)51-54(41)33-17-15-31(7)16-18-33/h11-19,22,25-26,28-30,32,37-38,42H,20-21,23-24,27H2,1-10H3,(H2,47,48,55)/t32?,37-,38+,42?/m0/s1. The van der Waals surface area contributed by atoms with Gasteiger partial charge in [-0.3, -0.25) is 9.72 Å². The number of aromatic nitrogens is 5. The highest BCUT2D eigenvalue weighted by Gasteiger charge is 2.56. The number of carbonyl (C=O) groups is 1. The monoisotopic (exact) mass is 801 g/mol. The van der Waals surface area contributed by atoms with Crippen LogP contribution in [-0.4, -0.2) is 59.6 Å². The summed E-state index contributed by atoms with van der Waals surface area (Å²) < 4.78 is 16.4. The molecule has 307 valence electrons. The van der Waals surface area contributed by atoms with Crippen molar-refractivity contribution < 1.29 is 14.0 Å². The van der Waals surface area contributed by atoms with Gasteiger partial charge in [-0.25, -0.2) is 9.48 Å². The molecule has 11 nitrogen and oxygen atoms in total. The number of amides is 2. The lowest BCUT2D eigenvalue weighted by Gasteiger charge is -2.61. The van der Waals surface area contributed by atoms with Crippen molar-refractivity contribution in [2.75, 3.05) is 23.4 Å². The molecule has 12 heteroatoms. The number of rotatable bonds is 11. The van der Waals surface area contributed by atoms with Crippen molar-refractivity contribution in [3.05, 3.63) is 95.3 Å². The van der Waals surface area contributed by atoms with Crippen molar-refractivity contribution in [2.45, 2.75) is 112 Å². The van der Waals surface area contributed by atoms with Crippen molar-refractivity contribution >= 4 is 33.9 Å². The van der Waals surface area contributed by atoms with E-state index in [4.69, 9.17) is 19.4 Å². The van der Waals surface area contributed by atoms with Gasteiger partial charge >= 0.3 is 6.03 Å². The van der Waals surface area contributed by atoms with E-state index in [0.717, 1.165) is 64.8 Å². The molecule has 7 rings (SSSR count). The zero-order valence-corrected chi connectivity index (χ0v) is 36.9. The summed E-state index contributed by atoms with van der Waals surface area (Å²) >= 11 is 0. The van der Waals surface area contributed by atoms with E-state index in [1.54, 1.807) is 0 Å². The number of nitrogens with zero attached hydrogens (tertiary/aromatic N) is 6. The Morgan fingerprint density at radius 2 is 1.64 bits per heavy atom. The Balaban J connectivity index is 1.13. The molecular formula is C46H61N8O3Si. The van der Waals surface area contributed by atoms with Crippen molar-refractivity contribution in [2.24, 2.45) is 29.6 Å². The summed E-state index contributed by atoms with van der Waals surface area (Å²) in [6, 6.07) is 21.9. The molecule has 5 aromatic rings. The number of hydrogen-bond acceptors (Lipinski definition) is 7. The van der Waals surface area contributed by atoms with Crippen LogP contribution in [0.3, 0.4) is 0 Å². The molecule has 2 amide bonds. The molecule has 3 radical (unpaired) electrons. The minimum absolute atomic E-state index is 0.173. The van der Waals surface area contributed by atoms with E-state index in [9.17, 15) is 4.79 Å². The third-order valence-corrected chi connectivity index (χ3v) is 12.9. The van der Waals surface area contributed by atoms with E-state index in [1.165, 1.54) is 0 Å². The first-order valence-electron chi connectivity index (χ1n) is 21.0. The van der Waals surface area contributed by atoms with Crippen LogP contribution in [0.2, 0.25) is 0 Å². The van der Waals surface area contributed by atoms with Gasteiger partial charge < -0.3 is 19.4 Å². The summed E-state index contributed by atoms with van der Waals surface area (Å²) in [4.78, 5) is 16.3. The number of urea groups is 1. The molecule has 2 N–H and O–H groups in total. The smallest absolute Gasteiger partial charge is 0.320 e. The van der Waals surface area contributed by atoms with E-state index in [2.05, 4.69) is 135 Å². The molecule has 1 saturated heterocycles. The van der Waals surface area contributed by atoms with Crippen LogP contribution in [-0.2, 0) is 9.84 Å². The lowest BCUT2D eigenvalue weighted by molar-refractivity contribution is -0.00161. The summed E-state index contributed by atoms with van der Waals surface area (Å²) in [5, 5.41) is 20.8. The third kappa shape index (κ3) is 7.77. The van der Waals surface area contributed by atoms with Gasteiger partial charge in [0.2, 0.25) is 16.4 Å². The Bertz CT molecular complexity index is 2200. The van der Waals surface area contributed by atoms with Crippen LogP contribution in [0.4, 0.5) is 16.6 Å². The first-order chi connectivity index (χ1) is 27.6. The number of carbonyl (C=O) groups excluding carboxylic acids is 1. The number of nitrogens with one attached hydrogen (secondary N) is 2. The van der Waals surface area contributed by atoms with Crippen molar-refractivity contribution in [3.63, 3.8) is 0 Å². The quantitative estimate of drug-likeness (QED) is 0.128. The first-order valence-corrected chi connectivity index (χ1v) is 21.5. The molecular weight excluding hydrogens is 741 g/mol. The van der Waals surface area contributed by atoms with Crippen LogP contribution in [0.5, 0.6) is 5.75 Å². The number of aryl methyl sites for hydroxylation is 1. The molecule has 1 aliphatic heterocycles. The third-order valence-electron chi connectivity index (χ3n) is 12.7. The van der Waals surface area contributed by atoms with E-state index in [-0.39, 0.29) is 29.1 Å². The number of piperidine rings is 1. The van der Waals surface area contributed by atoms with Crippen LogP contribution < -0.4 is 20.3 Å². The second kappa shape index (κ2) is 16.5. The lowest BCUT2D eigenvalue weighted by Crippen LogP contribution is -2.68. The van der Waals surface area contributed by atoms with Gasteiger partial charge in [0.15, 0.2) is 5.65 Å². The van der Waals surface area contributed by atoms with Gasteiger partial charge in [0.05, 0.1) is 29.2 Å². The Morgan fingerprint density at radius 3 is 2.29 bits per heavy atom. The zero-order chi connectivity index (χ0) is 41.5. The summed E-state index contributed by atoms with van der Waals surface area (Å²) in [5.74, 6) is 4.15. The molecule has 0 spiro atoms. The lowest BCUT2D eigenvalue weighted by atomic mass is 9.57. The highest BCUT2D eigenvalue weighted by Crippen LogP contribution is 2.51. The highest BCUT2D eigenvalue weighted by molar-refractivity contribution is 5.97. The largest absolute Gasteiger partial charge is 0.484 e. The average Bonchev–Trinajstić information content (AvgIpc) is 3.80. The van der Waals surface area contributed by atoms with Crippen LogP contribution in [0.1, 0.15) is 116 Å². The number of benzene rings is 2. The Morgan fingerprint density at radius 1 is 0.931 bits per heavy atom.